The molecule has 0 aliphatic carbocycles. The molecule has 2 heterocycles. The van der Waals surface area contributed by atoms with Gasteiger partial charge in [0.05, 0.1) is 6.61 Å². The lowest BCUT2D eigenvalue weighted by molar-refractivity contribution is 0.276. The molecule has 0 aromatic carbocycles. The Morgan fingerprint density at radius 2 is 2.57 bits per heavy atom. The van der Waals surface area contributed by atoms with Crippen molar-refractivity contribution in [3.63, 3.8) is 0 Å². The largest absolute Gasteiger partial charge is 0.449 e. The Hall–Kier alpha value is -0.480. The van der Waals surface area contributed by atoms with Crippen LogP contribution in [0.15, 0.2) is 10.7 Å². The van der Waals surface area contributed by atoms with E-state index >= 15 is 0 Å². The number of thioether (sulfide) groups is 1. The van der Waals surface area contributed by atoms with Crippen molar-refractivity contribution in [1.29, 1.82) is 0 Å². The fourth-order valence-electron chi connectivity index (χ4n) is 1.73. The number of rotatable bonds is 3. The van der Waals surface area contributed by atoms with Gasteiger partial charge in [-0.05, 0) is 30.3 Å². The Morgan fingerprint density at radius 1 is 1.64 bits per heavy atom. The number of hydrogen-bond donors (Lipinski definition) is 1. The van der Waals surface area contributed by atoms with Crippen molar-refractivity contribution in [2.45, 2.75) is 25.9 Å². The molecule has 0 saturated carbocycles. The lowest BCUT2D eigenvalue weighted by atomic mass is 10.0. The highest BCUT2D eigenvalue weighted by atomic mass is 32.2. The zero-order valence-electron chi connectivity index (χ0n) is 8.11. The van der Waals surface area contributed by atoms with E-state index in [0.717, 1.165) is 12.3 Å². The first kappa shape index (κ1) is 10.1. The Balaban J connectivity index is 1.89. The first-order valence-electron chi connectivity index (χ1n) is 5.00. The number of aliphatic hydroxyl groups excluding tert-OH is 1. The molecule has 1 aliphatic heterocycles. The second kappa shape index (κ2) is 4.84. The molecule has 14 heavy (non-hydrogen) atoms. The molecule has 1 unspecified atom stereocenters. The number of oxazole rings is 1. The maximum Gasteiger partial charge on any atom is 0.194 e. The van der Waals surface area contributed by atoms with Gasteiger partial charge in [0, 0.05) is 6.42 Å². The summed E-state index contributed by atoms with van der Waals surface area (Å²) in [4.78, 5) is 4.20. The number of aliphatic hydroxyl groups is 1. The van der Waals surface area contributed by atoms with E-state index in [9.17, 15) is 0 Å². The minimum atomic E-state index is -0.0249. The van der Waals surface area contributed by atoms with Gasteiger partial charge in [0.15, 0.2) is 5.89 Å². The molecule has 78 valence electrons. The normalized spacial score (nSPS) is 22.5. The molecular weight excluding hydrogens is 198 g/mol. The van der Waals surface area contributed by atoms with Crippen molar-refractivity contribution in [1.82, 2.24) is 4.98 Å². The molecule has 3 nitrogen and oxygen atoms in total. The highest BCUT2D eigenvalue weighted by molar-refractivity contribution is 7.99. The quantitative estimate of drug-likeness (QED) is 0.832. The van der Waals surface area contributed by atoms with Crippen LogP contribution in [0.1, 0.15) is 24.4 Å². The third kappa shape index (κ3) is 2.51. The zero-order valence-corrected chi connectivity index (χ0v) is 8.92. The summed E-state index contributed by atoms with van der Waals surface area (Å²) in [5.74, 6) is 4.00. The van der Waals surface area contributed by atoms with Crippen molar-refractivity contribution < 1.29 is 9.52 Å². The Labute approximate surface area is 87.9 Å². The topological polar surface area (TPSA) is 46.3 Å². The lowest BCUT2D eigenvalue weighted by Gasteiger charge is -2.19. The van der Waals surface area contributed by atoms with Crippen LogP contribution in [0.25, 0.3) is 0 Å². The van der Waals surface area contributed by atoms with Gasteiger partial charge < -0.3 is 9.52 Å². The van der Waals surface area contributed by atoms with Gasteiger partial charge in [-0.1, -0.05) is 0 Å². The summed E-state index contributed by atoms with van der Waals surface area (Å²) in [6, 6.07) is 0. The van der Waals surface area contributed by atoms with Crippen LogP contribution >= 0.6 is 11.8 Å². The first-order chi connectivity index (χ1) is 6.88. The molecule has 1 atom stereocenters. The van der Waals surface area contributed by atoms with Crippen LogP contribution in [0, 0.1) is 5.92 Å². The van der Waals surface area contributed by atoms with Crippen molar-refractivity contribution in [2.24, 2.45) is 5.92 Å². The predicted octanol–water partition coefficient (Wildman–Crippen LogP) is 1.85. The van der Waals surface area contributed by atoms with Crippen molar-refractivity contribution in [3.8, 4) is 0 Å². The van der Waals surface area contributed by atoms with E-state index in [-0.39, 0.29) is 6.61 Å². The molecule has 4 heteroatoms. The van der Waals surface area contributed by atoms with Gasteiger partial charge in [0.2, 0.25) is 0 Å². The summed E-state index contributed by atoms with van der Waals surface area (Å²) in [7, 11) is 0. The second-order valence-electron chi connectivity index (χ2n) is 3.68. The SMILES string of the molecule is OCc1coc(CC2CCCSC2)n1. The van der Waals surface area contributed by atoms with Gasteiger partial charge in [-0.2, -0.15) is 11.8 Å². The average Bonchev–Trinajstić information content (AvgIpc) is 2.67. The van der Waals surface area contributed by atoms with E-state index in [0.29, 0.717) is 11.6 Å². The zero-order chi connectivity index (χ0) is 9.80. The predicted molar refractivity (Wildman–Crippen MR) is 56.2 cm³/mol. The van der Waals surface area contributed by atoms with Gasteiger partial charge in [0.1, 0.15) is 12.0 Å². The fraction of sp³-hybridized carbons (Fsp3) is 0.700. The van der Waals surface area contributed by atoms with Gasteiger partial charge in [-0.3, -0.25) is 0 Å². The minimum absolute atomic E-state index is 0.0249. The highest BCUT2D eigenvalue weighted by Gasteiger charge is 2.16. The van der Waals surface area contributed by atoms with Crippen LogP contribution in [0.4, 0.5) is 0 Å². The number of aromatic nitrogens is 1. The van der Waals surface area contributed by atoms with E-state index < -0.39 is 0 Å². The summed E-state index contributed by atoms with van der Waals surface area (Å²) >= 11 is 2.02. The number of hydrogen-bond acceptors (Lipinski definition) is 4. The van der Waals surface area contributed by atoms with E-state index in [2.05, 4.69) is 4.98 Å². The van der Waals surface area contributed by atoms with Crippen LogP contribution in [-0.2, 0) is 13.0 Å². The summed E-state index contributed by atoms with van der Waals surface area (Å²) in [5, 5.41) is 8.83. The molecule has 1 saturated heterocycles. The Kier molecular flexibility index (Phi) is 3.48. The maximum absolute atomic E-state index is 8.83. The van der Waals surface area contributed by atoms with Crippen molar-refractivity contribution in [3.05, 3.63) is 17.8 Å². The van der Waals surface area contributed by atoms with E-state index in [4.69, 9.17) is 9.52 Å². The second-order valence-corrected chi connectivity index (χ2v) is 4.83. The van der Waals surface area contributed by atoms with Crippen molar-refractivity contribution in [2.75, 3.05) is 11.5 Å². The Morgan fingerprint density at radius 3 is 3.21 bits per heavy atom. The molecule has 0 bridgehead atoms. The molecule has 0 radical (unpaired) electrons. The molecular formula is C10H15NO2S. The fourth-order valence-corrected chi connectivity index (χ4v) is 2.89. The lowest BCUT2D eigenvalue weighted by Crippen LogP contribution is -2.13. The van der Waals surface area contributed by atoms with Gasteiger partial charge in [-0.15, -0.1) is 0 Å². The van der Waals surface area contributed by atoms with E-state index in [1.54, 1.807) is 6.26 Å². The molecule has 0 amide bonds. The third-order valence-electron chi connectivity index (χ3n) is 2.48. The van der Waals surface area contributed by atoms with Gasteiger partial charge in [0.25, 0.3) is 0 Å². The Bertz CT molecular complexity index is 281. The number of nitrogens with zero attached hydrogens (tertiary/aromatic N) is 1. The average molecular weight is 213 g/mol. The molecule has 1 aromatic heterocycles. The maximum atomic E-state index is 8.83. The molecule has 2 rings (SSSR count). The summed E-state index contributed by atoms with van der Waals surface area (Å²) in [6.07, 6.45) is 5.06. The molecule has 1 aromatic rings. The molecule has 1 aliphatic rings. The molecule has 1 N–H and O–H groups in total. The van der Waals surface area contributed by atoms with Crippen LogP contribution in [-0.4, -0.2) is 21.6 Å². The van der Waals surface area contributed by atoms with Gasteiger partial charge in [-0.25, -0.2) is 4.98 Å². The van der Waals surface area contributed by atoms with Crippen LogP contribution in [0.2, 0.25) is 0 Å². The monoisotopic (exact) mass is 213 g/mol. The van der Waals surface area contributed by atoms with Crippen molar-refractivity contribution >= 4 is 11.8 Å². The molecule has 1 fully saturated rings. The van der Waals surface area contributed by atoms with Gasteiger partial charge >= 0.3 is 0 Å². The third-order valence-corrected chi connectivity index (χ3v) is 3.76. The van der Waals surface area contributed by atoms with E-state index in [1.165, 1.54) is 24.3 Å². The molecule has 0 spiro atoms. The highest BCUT2D eigenvalue weighted by Crippen LogP contribution is 2.25. The van der Waals surface area contributed by atoms with Crippen LogP contribution in [0.5, 0.6) is 0 Å². The van der Waals surface area contributed by atoms with Crippen LogP contribution < -0.4 is 0 Å². The standard InChI is InChI=1S/C10H15NO2S/c12-5-9-6-13-10(11-9)4-8-2-1-3-14-7-8/h6,8,12H,1-5,7H2. The first-order valence-corrected chi connectivity index (χ1v) is 6.16. The van der Waals surface area contributed by atoms with E-state index in [1.807, 2.05) is 11.8 Å². The van der Waals surface area contributed by atoms with Crippen LogP contribution in [0.3, 0.4) is 0 Å². The smallest absolute Gasteiger partial charge is 0.194 e. The summed E-state index contributed by atoms with van der Waals surface area (Å²) < 4.78 is 5.28. The summed E-state index contributed by atoms with van der Waals surface area (Å²) in [6.45, 7) is -0.0249. The summed E-state index contributed by atoms with van der Waals surface area (Å²) in [5.41, 5.74) is 0.642. The minimum Gasteiger partial charge on any atom is -0.449 e.